The van der Waals surface area contributed by atoms with E-state index in [1.165, 1.54) is 0 Å². The Morgan fingerprint density at radius 3 is 2.21 bits per heavy atom. The quantitative estimate of drug-likeness (QED) is 0.422. The highest BCUT2D eigenvalue weighted by Gasteiger charge is 2.37. The lowest BCUT2D eigenvalue weighted by atomic mass is 10.5. The molecule has 134 valence electrons. The normalized spacial score (nSPS) is 21.4. The molecule has 24 heavy (non-hydrogen) atoms. The van der Waals surface area contributed by atoms with Crippen LogP contribution in [0.2, 0.25) is 0 Å². The summed E-state index contributed by atoms with van der Waals surface area (Å²) in [6.45, 7) is 6.48. The minimum absolute atomic E-state index is 0.743. The van der Waals surface area contributed by atoms with Gasteiger partial charge in [-0.3, -0.25) is 9.34 Å². The molecule has 0 bridgehead atoms. The summed E-state index contributed by atoms with van der Waals surface area (Å²) >= 11 is 7.93. The smallest absolute Gasteiger partial charge is 0.211 e. The van der Waals surface area contributed by atoms with Gasteiger partial charge in [0.1, 0.15) is 6.34 Å². The Bertz CT molecular complexity index is 590. The number of ether oxygens (including phenoxy) is 2. The van der Waals surface area contributed by atoms with Crippen molar-refractivity contribution in [1.29, 1.82) is 0 Å². The van der Waals surface area contributed by atoms with E-state index in [1.54, 1.807) is 17.7 Å². The summed E-state index contributed by atoms with van der Waals surface area (Å²) in [6.07, 6.45) is 1.66. The lowest BCUT2D eigenvalue weighted by Crippen LogP contribution is -2.45. The van der Waals surface area contributed by atoms with Gasteiger partial charge >= 0.3 is 0 Å². The third-order valence-corrected chi connectivity index (χ3v) is 11.0. The van der Waals surface area contributed by atoms with E-state index in [0.717, 1.165) is 62.4 Å². The van der Waals surface area contributed by atoms with Crippen LogP contribution in [0, 0.1) is 0 Å². The predicted octanol–water partition coefficient (Wildman–Crippen LogP) is 0.964. The van der Waals surface area contributed by atoms with Crippen molar-refractivity contribution >= 4 is 45.6 Å². The zero-order valence-electron chi connectivity index (χ0n) is 14.1. The Balaban J connectivity index is 1.90. The largest absolute Gasteiger partial charge is 0.379 e. The molecule has 0 radical (unpaired) electrons. The van der Waals surface area contributed by atoms with Gasteiger partial charge in [-0.1, -0.05) is 23.1 Å². The van der Waals surface area contributed by atoms with Gasteiger partial charge in [-0.05, 0) is 0 Å². The second-order valence-corrected chi connectivity index (χ2v) is 11.4. The van der Waals surface area contributed by atoms with Crippen LogP contribution in [0.3, 0.4) is 0 Å². The molecule has 1 aromatic heterocycles. The van der Waals surface area contributed by atoms with Crippen LogP contribution in [0.25, 0.3) is 0 Å². The van der Waals surface area contributed by atoms with E-state index in [2.05, 4.69) is 19.3 Å². The summed E-state index contributed by atoms with van der Waals surface area (Å²) in [5.74, 6) is 0. The lowest BCUT2D eigenvalue weighted by molar-refractivity contribution is 0.0590. The summed E-state index contributed by atoms with van der Waals surface area (Å²) in [5.41, 5.74) is 0. The van der Waals surface area contributed by atoms with Gasteiger partial charge < -0.3 is 14.4 Å². The Morgan fingerprint density at radius 1 is 1.17 bits per heavy atom. The summed E-state index contributed by atoms with van der Waals surface area (Å²) in [7, 11) is 3.90. The van der Waals surface area contributed by atoms with E-state index in [-0.39, 0.29) is 0 Å². The molecule has 0 aromatic carbocycles. The fourth-order valence-electron chi connectivity index (χ4n) is 2.72. The maximum Gasteiger partial charge on any atom is 0.211 e. The highest BCUT2D eigenvalue weighted by Crippen LogP contribution is 2.54. The average molecular weight is 389 g/mol. The molecule has 2 fully saturated rings. The van der Waals surface area contributed by atoms with Crippen molar-refractivity contribution in [3.05, 3.63) is 6.20 Å². The van der Waals surface area contributed by atoms with Crippen LogP contribution in [0.15, 0.2) is 11.2 Å². The molecule has 10 heteroatoms. The summed E-state index contributed by atoms with van der Waals surface area (Å²) in [6, 6.07) is 0. The van der Waals surface area contributed by atoms with Crippen LogP contribution >= 0.6 is 17.7 Å². The van der Waals surface area contributed by atoms with Gasteiger partial charge in [0.25, 0.3) is 0 Å². The molecule has 7 nitrogen and oxygen atoms in total. The molecule has 3 heterocycles. The fourth-order valence-corrected chi connectivity index (χ4v) is 8.63. The second kappa shape index (κ2) is 8.31. The fraction of sp³-hybridized carbons (Fsp3) is 0.714. The third-order valence-electron chi connectivity index (χ3n) is 3.91. The van der Waals surface area contributed by atoms with Gasteiger partial charge in [-0.25, -0.2) is 9.98 Å². The Hall–Kier alpha value is -0.410. The van der Waals surface area contributed by atoms with Crippen molar-refractivity contribution in [1.82, 2.24) is 19.2 Å². The number of rotatable bonds is 5. The highest BCUT2D eigenvalue weighted by atomic mass is 32.4. The minimum Gasteiger partial charge on any atom is -0.379 e. The number of aromatic nitrogens is 1. The molecule has 0 amide bonds. The Kier molecular flexibility index (Phi) is 6.37. The van der Waals surface area contributed by atoms with Crippen LogP contribution < -0.4 is 4.62 Å². The molecule has 0 unspecified atom stereocenters. The second-order valence-electron chi connectivity index (χ2n) is 5.87. The van der Waals surface area contributed by atoms with Crippen molar-refractivity contribution in [3.8, 4) is 0 Å². The molecule has 0 N–H and O–H groups in total. The van der Waals surface area contributed by atoms with Crippen LogP contribution in [0.4, 0.5) is 5.13 Å². The standard InChI is InChI=1S/C14H24N5O2PS2/c1-17(2)12-16-14-15-11-13(24-14)22(23,18-3-7-20-8-4-18)19-5-9-21-10-6-19/h11-12H,3-10H2,1-2H3. The van der Waals surface area contributed by atoms with Crippen molar-refractivity contribution in [2.24, 2.45) is 4.99 Å². The molecule has 3 rings (SSSR count). The van der Waals surface area contributed by atoms with Crippen LogP contribution in [0.5, 0.6) is 0 Å². The first-order valence-electron chi connectivity index (χ1n) is 8.04. The number of aliphatic imine (C=N–C) groups is 1. The van der Waals surface area contributed by atoms with Gasteiger partial charge in [0.2, 0.25) is 5.13 Å². The van der Waals surface area contributed by atoms with E-state index in [0.29, 0.717) is 0 Å². The van der Waals surface area contributed by atoms with Crippen LogP contribution in [0.1, 0.15) is 0 Å². The van der Waals surface area contributed by atoms with E-state index in [9.17, 15) is 0 Å². The molecule has 0 saturated carbocycles. The zero-order chi connectivity index (χ0) is 17.0. The maximum atomic E-state index is 6.32. The van der Waals surface area contributed by atoms with Crippen LogP contribution in [-0.4, -0.2) is 92.3 Å². The zero-order valence-corrected chi connectivity index (χ0v) is 16.7. The Labute approximate surface area is 152 Å². The van der Waals surface area contributed by atoms with Gasteiger partial charge in [0.15, 0.2) is 0 Å². The van der Waals surface area contributed by atoms with Gasteiger partial charge in [-0.15, -0.1) is 0 Å². The molecule has 0 spiro atoms. The SMILES string of the molecule is CN(C)C=Nc1ncc(P(=S)(N2CCOCC2)N2CCOCC2)s1. The van der Waals surface area contributed by atoms with Gasteiger partial charge in [0, 0.05) is 40.3 Å². The van der Waals surface area contributed by atoms with Crippen molar-refractivity contribution in [2.45, 2.75) is 0 Å². The molecule has 0 atom stereocenters. The lowest BCUT2D eigenvalue weighted by Gasteiger charge is -2.44. The van der Waals surface area contributed by atoms with Crippen LogP contribution in [-0.2, 0) is 21.3 Å². The van der Waals surface area contributed by atoms with E-state index in [1.807, 2.05) is 25.2 Å². The Morgan fingerprint density at radius 2 is 1.71 bits per heavy atom. The first-order valence-corrected chi connectivity index (χ1v) is 11.6. The number of nitrogens with zero attached hydrogens (tertiary/aromatic N) is 5. The summed E-state index contributed by atoms with van der Waals surface area (Å²) < 4.78 is 17.1. The topological polar surface area (TPSA) is 53.4 Å². The van der Waals surface area contributed by atoms with E-state index >= 15 is 0 Å². The van der Waals surface area contributed by atoms with Gasteiger partial charge in [-0.2, -0.15) is 0 Å². The van der Waals surface area contributed by atoms with Crippen molar-refractivity contribution in [3.63, 3.8) is 0 Å². The molecule has 2 saturated heterocycles. The number of thiazole rings is 1. The average Bonchev–Trinajstić information content (AvgIpc) is 3.10. The number of morpholine rings is 2. The van der Waals surface area contributed by atoms with E-state index < -0.39 is 6.34 Å². The molecular weight excluding hydrogens is 365 g/mol. The minimum atomic E-state index is -2.04. The molecule has 2 aliphatic rings. The first kappa shape index (κ1) is 18.4. The highest BCUT2D eigenvalue weighted by molar-refractivity contribution is 8.17. The monoisotopic (exact) mass is 389 g/mol. The number of hydrogen-bond donors (Lipinski definition) is 0. The third kappa shape index (κ3) is 4.04. The molecule has 0 aliphatic carbocycles. The summed E-state index contributed by atoms with van der Waals surface area (Å²) in [5, 5.41) is 0.759. The van der Waals surface area contributed by atoms with Crippen molar-refractivity contribution in [2.75, 3.05) is 66.7 Å². The summed E-state index contributed by atoms with van der Waals surface area (Å²) in [4.78, 5) is 10.8. The number of hydrogen-bond acceptors (Lipinski definition) is 6. The maximum absolute atomic E-state index is 6.32. The first-order chi connectivity index (χ1) is 11.6. The molecule has 2 aliphatic heterocycles. The molecule has 1 aromatic rings. The molecular formula is C14H24N5O2PS2. The van der Waals surface area contributed by atoms with Gasteiger partial charge in [0.05, 0.1) is 43.6 Å². The van der Waals surface area contributed by atoms with Crippen molar-refractivity contribution < 1.29 is 9.47 Å². The predicted molar refractivity (Wildman–Crippen MR) is 103 cm³/mol. The van der Waals surface area contributed by atoms with E-state index in [4.69, 9.17) is 21.3 Å².